The second-order valence-electron chi connectivity index (χ2n) is 2.23. The number of aryl methyl sites for hydroxylation is 2. The summed E-state index contributed by atoms with van der Waals surface area (Å²) < 4.78 is 0. The van der Waals surface area contributed by atoms with Crippen LogP contribution in [0.1, 0.15) is 24.0 Å². The Morgan fingerprint density at radius 3 is 2.18 bits per heavy atom. The summed E-state index contributed by atoms with van der Waals surface area (Å²) in [6.45, 7) is 6.27. The van der Waals surface area contributed by atoms with Crippen LogP contribution >= 0.6 is 11.3 Å². The van der Waals surface area contributed by atoms with Gasteiger partial charge in [-0.25, -0.2) is 4.98 Å². The third-order valence-electron chi connectivity index (χ3n) is 0.957. The number of aliphatic hydroxyl groups is 1. The number of thiazole rings is 1. The number of aliphatic hydroxyl groups excluding tert-OH is 1. The zero-order valence-electron chi connectivity index (χ0n) is 7.29. The molecule has 0 unspecified atom stereocenters. The minimum Gasteiger partial charge on any atom is -0.396 e. The summed E-state index contributed by atoms with van der Waals surface area (Å²) in [5, 5.41) is 11.1. The van der Waals surface area contributed by atoms with E-state index in [1.165, 1.54) is 0 Å². The fourth-order valence-corrected chi connectivity index (χ4v) is 1.06. The molecule has 0 aliphatic rings. The lowest BCUT2D eigenvalue weighted by molar-refractivity contribution is 0.295. The van der Waals surface area contributed by atoms with Crippen molar-refractivity contribution in [3.63, 3.8) is 0 Å². The molecule has 0 aliphatic carbocycles. The lowest BCUT2D eigenvalue weighted by Gasteiger charge is -1.71. The number of rotatable bonds is 1. The van der Waals surface area contributed by atoms with E-state index in [9.17, 15) is 0 Å². The summed E-state index contributed by atoms with van der Waals surface area (Å²) in [5.74, 6) is 0. The minimum atomic E-state index is 0.319. The maximum atomic E-state index is 7.88. The minimum absolute atomic E-state index is 0.319. The van der Waals surface area contributed by atoms with Crippen LogP contribution in [0.5, 0.6) is 0 Å². The molecule has 0 spiro atoms. The first-order chi connectivity index (χ1) is 5.20. The van der Waals surface area contributed by atoms with Crippen LogP contribution in [0.3, 0.4) is 0 Å². The molecule has 0 radical (unpaired) electrons. The first-order valence-electron chi connectivity index (χ1n) is 3.70. The Balaban J connectivity index is 0.000000218. The molecule has 0 aliphatic heterocycles. The SMILES string of the molecule is CCCO.Cc1csc(C)n1. The molecular formula is C8H15NOS. The first-order valence-corrected chi connectivity index (χ1v) is 4.58. The van der Waals surface area contributed by atoms with Crippen molar-refractivity contribution in [1.82, 2.24) is 4.98 Å². The number of nitrogens with zero attached hydrogens (tertiary/aromatic N) is 1. The van der Waals surface area contributed by atoms with Crippen LogP contribution in [0.15, 0.2) is 5.38 Å². The number of hydrogen-bond acceptors (Lipinski definition) is 3. The molecular weight excluding hydrogens is 158 g/mol. The van der Waals surface area contributed by atoms with Gasteiger partial charge in [0, 0.05) is 17.7 Å². The average molecular weight is 173 g/mol. The third-order valence-corrected chi connectivity index (χ3v) is 1.85. The molecule has 1 N–H and O–H groups in total. The summed E-state index contributed by atoms with van der Waals surface area (Å²) in [6.07, 6.45) is 0.875. The van der Waals surface area contributed by atoms with Gasteiger partial charge in [-0.15, -0.1) is 11.3 Å². The highest BCUT2D eigenvalue weighted by molar-refractivity contribution is 7.09. The zero-order chi connectivity index (χ0) is 8.69. The van der Waals surface area contributed by atoms with Crippen molar-refractivity contribution in [3.05, 3.63) is 16.1 Å². The second kappa shape index (κ2) is 6.31. The Hall–Kier alpha value is -0.410. The molecule has 3 heteroatoms. The van der Waals surface area contributed by atoms with Gasteiger partial charge in [-0.2, -0.15) is 0 Å². The van der Waals surface area contributed by atoms with Gasteiger partial charge >= 0.3 is 0 Å². The van der Waals surface area contributed by atoms with Gasteiger partial charge in [0.05, 0.1) is 5.01 Å². The third kappa shape index (κ3) is 6.01. The summed E-state index contributed by atoms with van der Waals surface area (Å²) in [6, 6.07) is 0. The molecule has 0 amide bonds. The van der Waals surface area contributed by atoms with E-state index in [1.807, 2.05) is 20.8 Å². The quantitative estimate of drug-likeness (QED) is 0.706. The van der Waals surface area contributed by atoms with Crippen LogP contribution in [0.2, 0.25) is 0 Å². The van der Waals surface area contributed by atoms with E-state index in [4.69, 9.17) is 5.11 Å². The highest BCUT2D eigenvalue weighted by Crippen LogP contribution is 2.04. The van der Waals surface area contributed by atoms with Gasteiger partial charge in [0.25, 0.3) is 0 Å². The van der Waals surface area contributed by atoms with Crippen LogP contribution < -0.4 is 0 Å². The smallest absolute Gasteiger partial charge is 0.0897 e. The van der Waals surface area contributed by atoms with Crippen LogP contribution in [-0.4, -0.2) is 16.7 Å². The summed E-state index contributed by atoms with van der Waals surface area (Å²) in [4.78, 5) is 4.13. The predicted molar refractivity (Wildman–Crippen MR) is 49.0 cm³/mol. The van der Waals surface area contributed by atoms with Crippen LogP contribution in [-0.2, 0) is 0 Å². The predicted octanol–water partition coefficient (Wildman–Crippen LogP) is 2.15. The lowest BCUT2D eigenvalue weighted by atomic mass is 10.5. The summed E-state index contributed by atoms with van der Waals surface area (Å²) in [5.41, 5.74) is 1.13. The van der Waals surface area contributed by atoms with E-state index >= 15 is 0 Å². The maximum Gasteiger partial charge on any atom is 0.0897 e. The second-order valence-corrected chi connectivity index (χ2v) is 3.29. The molecule has 11 heavy (non-hydrogen) atoms. The van der Waals surface area contributed by atoms with Crippen molar-refractivity contribution in [2.75, 3.05) is 6.61 Å². The number of hydrogen-bond donors (Lipinski definition) is 1. The first kappa shape index (κ1) is 10.6. The van der Waals surface area contributed by atoms with Crippen molar-refractivity contribution >= 4 is 11.3 Å². The van der Waals surface area contributed by atoms with E-state index in [0.717, 1.165) is 17.1 Å². The Bertz CT molecular complexity index is 167. The molecule has 2 nitrogen and oxygen atoms in total. The molecule has 1 aromatic heterocycles. The highest BCUT2D eigenvalue weighted by atomic mass is 32.1. The van der Waals surface area contributed by atoms with E-state index in [0.29, 0.717) is 6.61 Å². The van der Waals surface area contributed by atoms with E-state index in [-0.39, 0.29) is 0 Å². The number of aromatic nitrogens is 1. The summed E-state index contributed by atoms with van der Waals surface area (Å²) >= 11 is 1.69. The maximum absolute atomic E-state index is 7.88. The van der Waals surface area contributed by atoms with Crippen LogP contribution in [0, 0.1) is 13.8 Å². The fourth-order valence-electron chi connectivity index (χ4n) is 0.472. The fraction of sp³-hybridized carbons (Fsp3) is 0.625. The van der Waals surface area contributed by atoms with Crippen LogP contribution in [0.25, 0.3) is 0 Å². The standard InChI is InChI=1S/C5H7NS.C3H8O/c1-4-3-7-5(2)6-4;1-2-3-4/h3H,1-2H3;4H,2-3H2,1H3. The lowest BCUT2D eigenvalue weighted by Crippen LogP contribution is -1.69. The molecule has 0 saturated carbocycles. The Morgan fingerprint density at radius 2 is 2.09 bits per heavy atom. The molecule has 0 atom stereocenters. The van der Waals surface area contributed by atoms with Crippen LogP contribution in [0.4, 0.5) is 0 Å². The average Bonchev–Trinajstić information content (AvgIpc) is 2.35. The van der Waals surface area contributed by atoms with Crippen molar-refractivity contribution in [3.8, 4) is 0 Å². The monoisotopic (exact) mass is 173 g/mol. The van der Waals surface area contributed by atoms with Gasteiger partial charge in [-0.3, -0.25) is 0 Å². The van der Waals surface area contributed by atoms with Crippen molar-refractivity contribution in [2.24, 2.45) is 0 Å². The van der Waals surface area contributed by atoms with Gasteiger partial charge in [0.15, 0.2) is 0 Å². The molecule has 0 aromatic carbocycles. The molecule has 1 aromatic rings. The Morgan fingerprint density at radius 1 is 1.55 bits per heavy atom. The normalized spacial score (nSPS) is 8.73. The highest BCUT2D eigenvalue weighted by Gasteiger charge is 1.86. The van der Waals surface area contributed by atoms with Gasteiger partial charge in [-0.05, 0) is 20.3 Å². The van der Waals surface area contributed by atoms with Crippen molar-refractivity contribution in [2.45, 2.75) is 27.2 Å². The molecule has 64 valence electrons. The Kier molecular flexibility index (Phi) is 6.07. The van der Waals surface area contributed by atoms with Crippen molar-refractivity contribution in [1.29, 1.82) is 0 Å². The van der Waals surface area contributed by atoms with Gasteiger partial charge < -0.3 is 5.11 Å². The molecule has 0 saturated heterocycles. The van der Waals surface area contributed by atoms with E-state index < -0.39 is 0 Å². The van der Waals surface area contributed by atoms with Gasteiger partial charge in [0.2, 0.25) is 0 Å². The molecule has 1 heterocycles. The van der Waals surface area contributed by atoms with Crippen molar-refractivity contribution < 1.29 is 5.11 Å². The zero-order valence-corrected chi connectivity index (χ0v) is 8.11. The van der Waals surface area contributed by atoms with E-state index in [2.05, 4.69) is 10.4 Å². The Labute approximate surface area is 71.9 Å². The van der Waals surface area contributed by atoms with Gasteiger partial charge in [-0.1, -0.05) is 6.92 Å². The topological polar surface area (TPSA) is 33.1 Å². The van der Waals surface area contributed by atoms with Gasteiger partial charge in [0.1, 0.15) is 0 Å². The van der Waals surface area contributed by atoms with E-state index in [1.54, 1.807) is 11.3 Å². The summed E-state index contributed by atoms with van der Waals surface area (Å²) in [7, 11) is 0. The largest absolute Gasteiger partial charge is 0.396 e. The molecule has 0 fully saturated rings. The molecule has 1 rings (SSSR count). The molecule has 0 bridgehead atoms.